The Bertz CT molecular complexity index is 1260. The maximum atomic E-state index is 12.9. The Morgan fingerprint density at radius 1 is 1.03 bits per heavy atom. The third-order valence-corrected chi connectivity index (χ3v) is 5.90. The molecule has 0 atom stereocenters. The number of alkyl halides is 3. The molecule has 0 saturated carbocycles. The lowest BCUT2D eigenvalue weighted by molar-refractivity contribution is -0.144. The van der Waals surface area contributed by atoms with Crippen LogP contribution in [0.3, 0.4) is 0 Å². The van der Waals surface area contributed by atoms with Gasteiger partial charge >= 0.3 is 6.18 Å². The normalized spacial score (nSPS) is 11.8. The zero-order valence-corrected chi connectivity index (χ0v) is 19.2. The lowest BCUT2D eigenvalue weighted by Crippen LogP contribution is -2.07. The minimum Gasteiger partial charge on any atom is -0.390 e. The van der Waals surface area contributed by atoms with Gasteiger partial charge in [-0.3, -0.25) is 5.10 Å². The predicted octanol–water partition coefficient (Wildman–Crippen LogP) is 5.89. The second-order valence-corrected chi connectivity index (χ2v) is 8.22. The summed E-state index contributed by atoms with van der Waals surface area (Å²) in [6.45, 7) is 2.36. The van der Waals surface area contributed by atoms with Crippen LogP contribution in [0.4, 0.5) is 13.2 Å². The SMILES string of the molecule is CCCCc1nc(CO)c(Cl)n1Cc1ccc(-c2ccccc2-c2n[nH]c(C(F)(F)F)n2)cc1. The predicted molar refractivity (Wildman–Crippen MR) is 123 cm³/mol. The van der Waals surface area contributed by atoms with Crippen LogP contribution in [-0.4, -0.2) is 29.8 Å². The number of aryl methyl sites for hydroxylation is 1. The van der Waals surface area contributed by atoms with Crippen LogP contribution >= 0.6 is 11.6 Å². The molecular formula is C24H23ClF3N5O. The second-order valence-electron chi connectivity index (χ2n) is 7.86. The van der Waals surface area contributed by atoms with Crippen molar-refractivity contribution < 1.29 is 18.3 Å². The summed E-state index contributed by atoms with van der Waals surface area (Å²) in [5.41, 5.74) is 3.46. The number of H-pyrrole nitrogens is 1. The van der Waals surface area contributed by atoms with E-state index in [-0.39, 0.29) is 12.4 Å². The molecule has 0 aliphatic carbocycles. The van der Waals surface area contributed by atoms with Crippen molar-refractivity contribution in [2.75, 3.05) is 0 Å². The van der Waals surface area contributed by atoms with E-state index >= 15 is 0 Å². The summed E-state index contributed by atoms with van der Waals surface area (Å²) < 4.78 is 40.8. The van der Waals surface area contributed by atoms with E-state index < -0.39 is 12.0 Å². The molecule has 6 nitrogen and oxygen atoms in total. The van der Waals surface area contributed by atoms with Gasteiger partial charge in [-0.2, -0.15) is 18.3 Å². The van der Waals surface area contributed by atoms with E-state index in [4.69, 9.17) is 11.6 Å². The van der Waals surface area contributed by atoms with Crippen LogP contribution in [0.5, 0.6) is 0 Å². The first-order valence-electron chi connectivity index (χ1n) is 10.8. The number of nitrogens with one attached hydrogen (secondary N) is 1. The van der Waals surface area contributed by atoms with E-state index in [9.17, 15) is 18.3 Å². The number of hydrogen-bond acceptors (Lipinski definition) is 4. The molecule has 178 valence electrons. The van der Waals surface area contributed by atoms with Gasteiger partial charge < -0.3 is 9.67 Å². The van der Waals surface area contributed by atoms with Crippen LogP contribution in [-0.2, 0) is 25.7 Å². The zero-order valence-electron chi connectivity index (χ0n) is 18.4. The molecule has 0 aliphatic rings. The van der Waals surface area contributed by atoms with Crippen molar-refractivity contribution in [1.29, 1.82) is 0 Å². The Kier molecular flexibility index (Phi) is 7.04. The van der Waals surface area contributed by atoms with Gasteiger partial charge in [0.1, 0.15) is 16.7 Å². The van der Waals surface area contributed by atoms with Crippen molar-refractivity contribution >= 4 is 11.6 Å². The summed E-state index contributed by atoms with van der Waals surface area (Å²) in [5.74, 6) is -0.323. The van der Waals surface area contributed by atoms with Gasteiger partial charge in [0.2, 0.25) is 5.82 Å². The fourth-order valence-electron chi connectivity index (χ4n) is 3.73. The van der Waals surface area contributed by atoms with Crippen molar-refractivity contribution in [3.63, 3.8) is 0 Å². The molecule has 0 aliphatic heterocycles. The summed E-state index contributed by atoms with van der Waals surface area (Å²) >= 11 is 6.45. The van der Waals surface area contributed by atoms with Crippen LogP contribution in [0.1, 0.15) is 42.7 Å². The van der Waals surface area contributed by atoms with E-state index in [1.165, 1.54) is 0 Å². The number of aromatic nitrogens is 5. The first-order chi connectivity index (χ1) is 16.3. The molecule has 0 fully saturated rings. The summed E-state index contributed by atoms with van der Waals surface area (Å²) in [4.78, 5) is 8.10. The van der Waals surface area contributed by atoms with Crippen molar-refractivity contribution in [1.82, 2.24) is 24.7 Å². The summed E-state index contributed by atoms with van der Waals surface area (Å²) in [7, 11) is 0. The number of hydrogen-bond donors (Lipinski definition) is 2. The van der Waals surface area contributed by atoms with Gasteiger partial charge in [0, 0.05) is 12.0 Å². The van der Waals surface area contributed by atoms with Crippen LogP contribution in [0.2, 0.25) is 5.15 Å². The highest BCUT2D eigenvalue weighted by Crippen LogP contribution is 2.33. The van der Waals surface area contributed by atoms with Gasteiger partial charge in [-0.15, -0.1) is 0 Å². The lowest BCUT2D eigenvalue weighted by atomic mass is 9.98. The standard InChI is InChI=1S/C24H23ClF3N5O/c1-2-3-8-20-29-19(14-34)21(25)33(20)13-15-9-11-16(12-10-15)17-6-4-5-7-18(17)22-30-23(32-31-22)24(26,27)28/h4-7,9-12,34H,2-3,8,13-14H2,1H3,(H,30,31,32). The first kappa shape index (κ1) is 24.0. The lowest BCUT2D eigenvalue weighted by Gasteiger charge is -2.11. The molecule has 0 amide bonds. The maximum absolute atomic E-state index is 12.9. The van der Waals surface area contributed by atoms with Crippen molar-refractivity contribution in [2.45, 2.75) is 45.5 Å². The monoisotopic (exact) mass is 489 g/mol. The highest BCUT2D eigenvalue weighted by molar-refractivity contribution is 6.30. The van der Waals surface area contributed by atoms with E-state index in [0.717, 1.165) is 36.2 Å². The summed E-state index contributed by atoms with van der Waals surface area (Å²) in [6, 6.07) is 14.7. The number of nitrogens with zero attached hydrogens (tertiary/aromatic N) is 4. The quantitative estimate of drug-likeness (QED) is 0.323. The van der Waals surface area contributed by atoms with Gasteiger partial charge in [-0.05, 0) is 23.1 Å². The highest BCUT2D eigenvalue weighted by Gasteiger charge is 2.35. The number of rotatable bonds is 8. The van der Waals surface area contributed by atoms with Gasteiger partial charge in [0.25, 0.3) is 0 Å². The van der Waals surface area contributed by atoms with Gasteiger partial charge in [-0.25, -0.2) is 9.97 Å². The minimum atomic E-state index is -4.59. The van der Waals surface area contributed by atoms with Crippen LogP contribution in [0.15, 0.2) is 48.5 Å². The molecule has 0 bridgehead atoms. The van der Waals surface area contributed by atoms with Gasteiger partial charge in [0.15, 0.2) is 5.82 Å². The molecule has 2 aromatic carbocycles. The minimum absolute atomic E-state index is 0.0192. The van der Waals surface area contributed by atoms with Crippen molar-refractivity contribution in [3.05, 3.63) is 76.6 Å². The number of aliphatic hydroxyl groups excluding tert-OH is 1. The maximum Gasteiger partial charge on any atom is 0.451 e. The Labute approximate surface area is 199 Å². The topological polar surface area (TPSA) is 79.6 Å². The molecule has 34 heavy (non-hydrogen) atoms. The molecule has 2 heterocycles. The van der Waals surface area contributed by atoms with Crippen LogP contribution in [0.25, 0.3) is 22.5 Å². The van der Waals surface area contributed by atoms with Crippen LogP contribution in [0, 0.1) is 0 Å². The molecule has 0 saturated heterocycles. The Hall–Kier alpha value is -3.17. The summed E-state index contributed by atoms with van der Waals surface area (Å²) in [5, 5.41) is 15.7. The fourth-order valence-corrected chi connectivity index (χ4v) is 3.99. The van der Waals surface area contributed by atoms with Crippen LogP contribution < -0.4 is 0 Å². The van der Waals surface area contributed by atoms with E-state index in [0.29, 0.717) is 28.5 Å². The third kappa shape index (κ3) is 5.00. The Balaban J connectivity index is 1.62. The zero-order chi connectivity index (χ0) is 24.3. The summed E-state index contributed by atoms with van der Waals surface area (Å²) in [6.07, 6.45) is -1.85. The fraction of sp³-hybridized carbons (Fsp3) is 0.292. The second kappa shape index (κ2) is 9.99. The number of aromatic amines is 1. The molecule has 2 aromatic heterocycles. The third-order valence-electron chi connectivity index (χ3n) is 5.48. The number of imidazole rings is 1. The number of unbranched alkanes of at least 4 members (excludes halogenated alkanes) is 1. The molecule has 10 heteroatoms. The van der Waals surface area contributed by atoms with E-state index in [1.807, 2.05) is 46.1 Å². The first-order valence-corrected chi connectivity index (χ1v) is 11.2. The van der Waals surface area contributed by atoms with Crippen molar-refractivity contribution in [3.8, 4) is 22.5 Å². The highest BCUT2D eigenvalue weighted by atomic mass is 35.5. The molecule has 0 radical (unpaired) electrons. The molecule has 0 spiro atoms. The van der Waals surface area contributed by atoms with E-state index in [1.54, 1.807) is 12.1 Å². The molecule has 0 unspecified atom stereocenters. The number of halogens is 4. The van der Waals surface area contributed by atoms with Crippen molar-refractivity contribution in [2.24, 2.45) is 0 Å². The number of benzene rings is 2. The molecule has 2 N–H and O–H groups in total. The van der Waals surface area contributed by atoms with Gasteiger partial charge in [0.05, 0.1) is 13.2 Å². The molecule has 4 rings (SSSR count). The average Bonchev–Trinajstić information content (AvgIpc) is 3.44. The number of aliphatic hydroxyl groups is 1. The van der Waals surface area contributed by atoms with Gasteiger partial charge in [-0.1, -0.05) is 73.5 Å². The van der Waals surface area contributed by atoms with E-state index in [2.05, 4.69) is 22.0 Å². The molecule has 4 aromatic rings. The Morgan fingerprint density at radius 3 is 2.35 bits per heavy atom. The largest absolute Gasteiger partial charge is 0.451 e. The molecular weight excluding hydrogens is 467 g/mol. The average molecular weight is 490 g/mol. The smallest absolute Gasteiger partial charge is 0.390 e. The Morgan fingerprint density at radius 2 is 1.74 bits per heavy atom.